The molecule has 0 amide bonds. The summed E-state index contributed by atoms with van der Waals surface area (Å²) >= 11 is 2.92. The first-order chi connectivity index (χ1) is 9.70. The van der Waals surface area contributed by atoms with Crippen LogP contribution in [0.1, 0.15) is 13.3 Å². The van der Waals surface area contributed by atoms with Gasteiger partial charge < -0.3 is 4.90 Å². The highest BCUT2D eigenvalue weighted by molar-refractivity contribution is 9.10. The van der Waals surface area contributed by atoms with Crippen LogP contribution in [0.4, 0.5) is 8.78 Å². The van der Waals surface area contributed by atoms with Crippen molar-refractivity contribution < 1.29 is 17.2 Å². The monoisotopic (exact) mass is 382 g/mol. The molecule has 1 aliphatic heterocycles. The first kappa shape index (κ1) is 16.8. The van der Waals surface area contributed by atoms with Gasteiger partial charge in [0.1, 0.15) is 16.5 Å². The van der Waals surface area contributed by atoms with E-state index < -0.39 is 26.6 Å². The molecule has 0 bridgehead atoms. The Hall–Kier alpha value is -0.570. The number of nitrogens with one attached hydrogen (secondary N) is 1. The standard InChI is InChI=1S/C13H17BrF2N2O2S/c1-8-7-18(2)4-3-12(8)17-21(19,20)13-10(14)5-9(15)6-11(13)16/h5-6,8,12,17H,3-4,7H2,1-2H3. The van der Waals surface area contributed by atoms with Gasteiger partial charge in [0.05, 0.1) is 0 Å². The summed E-state index contributed by atoms with van der Waals surface area (Å²) in [5.74, 6) is -1.82. The Balaban J connectivity index is 2.27. The molecule has 118 valence electrons. The molecule has 8 heteroatoms. The molecule has 21 heavy (non-hydrogen) atoms. The van der Waals surface area contributed by atoms with Gasteiger partial charge in [-0.15, -0.1) is 0 Å². The molecule has 0 aromatic heterocycles. The second-order valence-electron chi connectivity index (χ2n) is 5.45. The zero-order chi connectivity index (χ0) is 15.8. The Bertz CT molecular complexity index is 616. The maximum absolute atomic E-state index is 13.8. The van der Waals surface area contributed by atoms with E-state index in [2.05, 4.69) is 25.6 Å². The van der Waals surface area contributed by atoms with Gasteiger partial charge in [0.15, 0.2) is 0 Å². The summed E-state index contributed by atoms with van der Waals surface area (Å²) in [6.07, 6.45) is 0.650. The molecule has 1 N–H and O–H groups in total. The number of nitrogens with zero attached hydrogens (tertiary/aromatic N) is 1. The van der Waals surface area contributed by atoms with Crippen LogP contribution in [0.5, 0.6) is 0 Å². The van der Waals surface area contributed by atoms with Crippen LogP contribution in [-0.2, 0) is 10.0 Å². The van der Waals surface area contributed by atoms with E-state index in [-0.39, 0.29) is 16.4 Å². The highest BCUT2D eigenvalue weighted by Gasteiger charge is 2.31. The fourth-order valence-electron chi connectivity index (χ4n) is 2.57. The molecule has 0 saturated carbocycles. The van der Waals surface area contributed by atoms with Crippen LogP contribution < -0.4 is 4.72 Å². The van der Waals surface area contributed by atoms with Gasteiger partial charge in [0, 0.05) is 23.1 Å². The van der Waals surface area contributed by atoms with E-state index in [1.807, 2.05) is 14.0 Å². The van der Waals surface area contributed by atoms with E-state index in [0.717, 1.165) is 19.2 Å². The van der Waals surface area contributed by atoms with Crippen LogP contribution in [0.25, 0.3) is 0 Å². The number of halogens is 3. The van der Waals surface area contributed by atoms with Crippen LogP contribution in [0.2, 0.25) is 0 Å². The normalized spacial score (nSPS) is 24.2. The quantitative estimate of drug-likeness (QED) is 0.872. The van der Waals surface area contributed by atoms with Gasteiger partial charge in [0.2, 0.25) is 10.0 Å². The number of likely N-dealkylation sites (tertiary alicyclic amines) is 1. The lowest BCUT2D eigenvalue weighted by Crippen LogP contribution is -2.48. The Kier molecular flexibility index (Phi) is 5.02. The summed E-state index contributed by atoms with van der Waals surface area (Å²) in [7, 11) is -2.08. The molecule has 0 spiro atoms. The Morgan fingerprint density at radius 3 is 2.62 bits per heavy atom. The molecular formula is C13H17BrF2N2O2S. The number of piperidine rings is 1. The van der Waals surface area contributed by atoms with Gasteiger partial charge in [0.25, 0.3) is 0 Å². The van der Waals surface area contributed by atoms with Crippen molar-refractivity contribution in [3.8, 4) is 0 Å². The van der Waals surface area contributed by atoms with Gasteiger partial charge in [-0.3, -0.25) is 0 Å². The minimum atomic E-state index is -4.05. The number of benzene rings is 1. The maximum atomic E-state index is 13.8. The SMILES string of the molecule is CC1CN(C)CCC1NS(=O)(=O)c1c(F)cc(F)cc1Br. The molecule has 2 unspecified atom stereocenters. The van der Waals surface area contributed by atoms with E-state index >= 15 is 0 Å². The fourth-order valence-corrected chi connectivity index (χ4v) is 5.12. The largest absolute Gasteiger partial charge is 0.306 e. The van der Waals surface area contributed by atoms with Crippen molar-refractivity contribution in [2.75, 3.05) is 20.1 Å². The topological polar surface area (TPSA) is 49.4 Å². The number of rotatable bonds is 3. The van der Waals surface area contributed by atoms with Gasteiger partial charge in [-0.1, -0.05) is 6.92 Å². The number of sulfonamides is 1. The third-order valence-electron chi connectivity index (χ3n) is 3.65. The summed E-state index contributed by atoms with van der Waals surface area (Å²) in [4.78, 5) is 1.57. The summed E-state index contributed by atoms with van der Waals surface area (Å²) in [5.41, 5.74) is 0. The van der Waals surface area contributed by atoms with Gasteiger partial charge in [-0.25, -0.2) is 21.9 Å². The van der Waals surface area contributed by atoms with E-state index in [9.17, 15) is 17.2 Å². The molecule has 2 atom stereocenters. The lowest BCUT2D eigenvalue weighted by atomic mass is 9.95. The predicted molar refractivity (Wildman–Crippen MR) is 79.4 cm³/mol. The molecular weight excluding hydrogens is 366 g/mol. The first-order valence-electron chi connectivity index (χ1n) is 6.56. The third kappa shape index (κ3) is 3.80. The van der Waals surface area contributed by atoms with Crippen LogP contribution in [0.15, 0.2) is 21.5 Å². The van der Waals surface area contributed by atoms with E-state index in [4.69, 9.17) is 0 Å². The second kappa shape index (κ2) is 6.28. The van der Waals surface area contributed by atoms with E-state index in [1.165, 1.54) is 0 Å². The molecule has 1 aromatic carbocycles. The Morgan fingerprint density at radius 1 is 1.38 bits per heavy atom. The zero-order valence-corrected chi connectivity index (χ0v) is 14.1. The fraction of sp³-hybridized carbons (Fsp3) is 0.538. The van der Waals surface area contributed by atoms with Crippen molar-refractivity contribution in [2.24, 2.45) is 5.92 Å². The number of hydrogen-bond acceptors (Lipinski definition) is 3. The lowest BCUT2D eigenvalue weighted by molar-refractivity contribution is 0.188. The second-order valence-corrected chi connectivity index (χ2v) is 7.96. The minimum absolute atomic E-state index is 0.112. The summed E-state index contributed by atoms with van der Waals surface area (Å²) < 4.78 is 54.0. The van der Waals surface area contributed by atoms with Crippen molar-refractivity contribution in [2.45, 2.75) is 24.3 Å². The minimum Gasteiger partial charge on any atom is -0.306 e. The van der Waals surface area contributed by atoms with Crippen LogP contribution >= 0.6 is 15.9 Å². The van der Waals surface area contributed by atoms with Gasteiger partial charge in [-0.2, -0.15) is 0 Å². The van der Waals surface area contributed by atoms with E-state index in [1.54, 1.807) is 0 Å². The van der Waals surface area contributed by atoms with Crippen molar-refractivity contribution in [3.63, 3.8) is 0 Å². The average molecular weight is 383 g/mol. The molecule has 0 aliphatic carbocycles. The van der Waals surface area contributed by atoms with E-state index in [0.29, 0.717) is 12.5 Å². The molecule has 4 nitrogen and oxygen atoms in total. The van der Waals surface area contributed by atoms with Crippen LogP contribution in [-0.4, -0.2) is 39.5 Å². The van der Waals surface area contributed by atoms with Gasteiger partial charge in [-0.05, 0) is 47.9 Å². The van der Waals surface area contributed by atoms with Crippen molar-refractivity contribution in [1.82, 2.24) is 9.62 Å². The molecule has 1 aliphatic rings. The number of hydrogen-bond donors (Lipinski definition) is 1. The summed E-state index contributed by atoms with van der Waals surface area (Å²) in [6, 6.07) is 1.25. The summed E-state index contributed by atoms with van der Waals surface area (Å²) in [6.45, 7) is 3.48. The Labute approximate surface area is 131 Å². The van der Waals surface area contributed by atoms with Crippen molar-refractivity contribution in [1.29, 1.82) is 0 Å². The molecule has 2 rings (SSSR count). The van der Waals surface area contributed by atoms with Gasteiger partial charge >= 0.3 is 0 Å². The van der Waals surface area contributed by atoms with Crippen LogP contribution in [0.3, 0.4) is 0 Å². The maximum Gasteiger partial charge on any atom is 0.244 e. The van der Waals surface area contributed by atoms with Crippen LogP contribution in [0, 0.1) is 17.6 Å². The lowest BCUT2D eigenvalue weighted by Gasteiger charge is -2.35. The molecule has 0 radical (unpaired) electrons. The Morgan fingerprint density at radius 2 is 2.05 bits per heavy atom. The molecule has 1 aromatic rings. The molecule has 1 fully saturated rings. The van der Waals surface area contributed by atoms with Crippen molar-refractivity contribution in [3.05, 3.63) is 28.2 Å². The zero-order valence-electron chi connectivity index (χ0n) is 11.7. The smallest absolute Gasteiger partial charge is 0.244 e. The highest BCUT2D eigenvalue weighted by atomic mass is 79.9. The molecule has 1 heterocycles. The molecule has 1 saturated heterocycles. The summed E-state index contributed by atoms with van der Waals surface area (Å²) in [5, 5.41) is 0. The highest BCUT2D eigenvalue weighted by Crippen LogP contribution is 2.27. The predicted octanol–water partition coefficient (Wildman–Crippen LogP) is 2.35. The average Bonchev–Trinajstić information content (AvgIpc) is 2.30. The van der Waals surface area contributed by atoms with Crippen molar-refractivity contribution >= 4 is 26.0 Å². The first-order valence-corrected chi connectivity index (χ1v) is 8.83. The third-order valence-corrected chi connectivity index (χ3v) is 6.10.